The van der Waals surface area contributed by atoms with Gasteiger partial charge in [-0.15, -0.1) is 0 Å². The first-order chi connectivity index (χ1) is 8.10. The number of aliphatic hydroxyl groups is 1. The Morgan fingerprint density at radius 2 is 2.12 bits per heavy atom. The van der Waals surface area contributed by atoms with Crippen LogP contribution < -0.4 is 4.74 Å². The van der Waals surface area contributed by atoms with E-state index in [1.54, 1.807) is 0 Å². The van der Waals surface area contributed by atoms with Gasteiger partial charge in [0.15, 0.2) is 0 Å². The Bertz CT molecular complexity index is 540. The van der Waals surface area contributed by atoms with E-state index in [1.807, 2.05) is 38.1 Å². The van der Waals surface area contributed by atoms with E-state index >= 15 is 0 Å². The summed E-state index contributed by atoms with van der Waals surface area (Å²) in [5.74, 6) is 0.792. The molecule has 0 saturated heterocycles. The van der Waals surface area contributed by atoms with E-state index in [0.717, 1.165) is 16.7 Å². The average molecular weight is 252 g/mol. The molecular weight excluding hydrogens is 238 g/mol. The molecule has 90 valence electrons. The number of ether oxygens (including phenoxy) is 1. The molecule has 2 rings (SSSR count). The molecule has 0 unspecified atom stereocenters. The van der Waals surface area contributed by atoms with Crippen molar-refractivity contribution in [1.29, 1.82) is 0 Å². The summed E-state index contributed by atoms with van der Waals surface area (Å²) in [4.78, 5) is 4.22. The fourth-order valence-corrected chi connectivity index (χ4v) is 1.84. The van der Waals surface area contributed by atoms with Crippen molar-refractivity contribution in [2.75, 3.05) is 0 Å². The van der Waals surface area contributed by atoms with Crippen LogP contribution in [0.5, 0.6) is 5.75 Å². The maximum absolute atomic E-state index is 9.14. The number of halogens is 1. The Morgan fingerprint density at radius 1 is 1.35 bits per heavy atom. The maximum atomic E-state index is 9.14. The number of hydrogen-bond acceptors (Lipinski definition) is 3. The molecule has 0 amide bonds. The number of rotatable bonds is 3. The third kappa shape index (κ3) is 2.68. The van der Waals surface area contributed by atoms with Crippen LogP contribution in [0.3, 0.4) is 0 Å². The van der Waals surface area contributed by atoms with Crippen molar-refractivity contribution in [3.05, 3.63) is 35.0 Å². The molecule has 1 aromatic heterocycles. The number of hydrogen-bond donors (Lipinski definition) is 1. The van der Waals surface area contributed by atoms with Crippen LogP contribution in [-0.4, -0.2) is 16.2 Å². The predicted octanol–water partition coefficient (Wildman–Crippen LogP) is 3.17. The molecule has 0 aliphatic carbocycles. The number of aliphatic hydroxyl groups excluding tert-OH is 1. The highest BCUT2D eigenvalue weighted by molar-refractivity contribution is 6.30. The van der Waals surface area contributed by atoms with Gasteiger partial charge in [0.1, 0.15) is 10.9 Å². The standard InChI is InChI=1S/C13H14ClNO2/c1-8(2)17-11-3-4-12-9(6-11)5-10(7-16)13(14)15-12/h3-6,8,16H,7H2,1-2H3. The van der Waals surface area contributed by atoms with E-state index in [0.29, 0.717) is 10.7 Å². The highest BCUT2D eigenvalue weighted by atomic mass is 35.5. The normalized spacial score (nSPS) is 11.1. The third-order valence-electron chi connectivity index (χ3n) is 2.35. The number of aromatic nitrogens is 1. The molecule has 0 aliphatic rings. The van der Waals surface area contributed by atoms with Crippen LogP contribution in [0.1, 0.15) is 19.4 Å². The molecule has 0 saturated carbocycles. The second kappa shape index (κ2) is 4.90. The molecule has 0 fully saturated rings. The smallest absolute Gasteiger partial charge is 0.135 e. The summed E-state index contributed by atoms with van der Waals surface area (Å²) in [7, 11) is 0. The number of pyridine rings is 1. The zero-order valence-electron chi connectivity index (χ0n) is 9.77. The SMILES string of the molecule is CC(C)Oc1ccc2nc(Cl)c(CO)cc2c1. The molecule has 0 aliphatic heterocycles. The van der Waals surface area contributed by atoms with Gasteiger partial charge >= 0.3 is 0 Å². The Balaban J connectivity index is 2.49. The van der Waals surface area contributed by atoms with Gasteiger partial charge in [0.25, 0.3) is 0 Å². The molecule has 3 nitrogen and oxygen atoms in total. The van der Waals surface area contributed by atoms with E-state index < -0.39 is 0 Å². The lowest BCUT2D eigenvalue weighted by atomic mass is 10.1. The zero-order chi connectivity index (χ0) is 12.4. The quantitative estimate of drug-likeness (QED) is 0.852. The van der Waals surface area contributed by atoms with Crippen molar-refractivity contribution < 1.29 is 9.84 Å². The minimum absolute atomic E-state index is 0.114. The largest absolute Gasteiger partial charge is 0.491 e. The van der Waals surface area contributed by atoms with Crippen LogP contribution in [-0.2, 0) is 6.61 Å². The predicted molar refractivity (Wildman–Crippen MR) is 68.4 cm³/mol. The summed E-state index contributed by atoms with van der Waals surface area (Å²) in [5.41, 5.74) is 1.42. The highest BCUT2D eigenvalue weighted by Crippen LogP contribution is 2.24. The van der Waals surface area contributed by atoms with Crippen molar-refractivity contribution in [1.82, 2.24) is 4.98 Å². The molecular formula is C13H14ClNO2. The van der Waals surface area contributed by atoms with E-state index in [2.05, 4.69) is 4.98 Å². The molecule has 1 N–H and O–H groups in total. The van der Waals surface area contributed by atoms with E-state index in [-0.39, 0.29) is 12.7 Å². The molecule has 4 heteroatoms. The zero-order valence-corrected chi connectivity index (χ0v) is 10.5. The average Bonchev–Trinajstić information content (AvgIpc) is 2.28. The van der Waals surface area contributed by atoms with Crippen LogP contribution >= 0.6 is 11.6 Å². The number of fused-ring (bicyclic) bond motifs is 1. The number of nitrogens with zero attached hydrogens (tertiary/aromatic N) is 1. The summed E-state index contributed by atoms with van der Waals surface area (Å²) in [6, 6.07) is 7.46. The lowest BCUT2D eigenvalue weighted by Gasteiger charge is -2.10. The molecule has 1 aromatic carbocycles. The minimum Gasteiger partial charge on any atom is -0.491 e. The Hall–Kier alpha value is -1.32. The molecule has 0 bridgehead atoms. The monoisotopic (exact) mass is 251 g/mol. The van der Waals surface area contributed by atoms with Gasteiger partial charge in [0.05, 0.1) is 18.2 Å². The van der Waals surface area contributed by atoms with Gasteiger partial charge in [0, 0.05) is 10.9 Å². The van der Waals surface area contributed by atoms with E-state index in [4.69, 9.17) is 21.4 Å². The Morgan fingerprint density at radius 3 is 2.76 bits per heavy atom. The first kappa shape index (κ1) is 12.1. The molecule has 2 aromatic rings. The third-order valence-corrected chi connectivity index (χ3v) is 2.68. The van der Waals surface area contributed by atoms with Gasteiger partial charge in [-0.05, 0) is 38.1 Å². The topological polar surface area (TPSA) is 42.4 Å². The van der Waals surface area contributed by atoms with Crippen LogP contribution in [0.25, 0.3) is 10.9 Å². The Labute approximate surface area is 105 Å². The molecule has 17 heavy (non-hydrogen) atoms. The first-order valence-electron chi connectivity index (χ1n) is 5.47. The van der Waals surface area contributed by atoms with E-state index in [1.165, 1.54) is 0 Å². The second-order valence-electron chi connectivity index (χ2n) is 4.12. The van der Waals surface area contributed by atoms with E-state index in [9.17, 15) is 0 Å². The fraction of sp³-hybridized carbons (Fsp3) is 0.308. The van der Waals surface area contributed by atoms with Crippen LogP contribution in [0.4, 0.5) is 0 Å². The number of benzene rings is 1. The van der Waals surface area contributed by atoms with Crippen LogP contribution in [0, 0.1) is 0 Å². The molecule has 1 heterocycles. The van der Waals surface area contributed by atoms with Gasteiger partial charge < -0.3 is 9.84 Å². The van der Waals surface area contributed by atoms with Gasteiger partial charge in [-0.3, -0.25) is 0 Å². The summed E-state index contributed by atoms with van der Waals surface area (Å²) < 4.78 is 5.60. The first-order valence-corrected chi connectivity index (χ1v) is 5.84. The molecule has 0 atom stereocenters. The second-order valence-corrected chi connectivity index (χ2v) is 4.48. The maximum Gasteiger partial charge on any atom is 0.135 e. The van der Waals surface area contributed by atoms with Crippen molar-refractivity contribution in [3.63, 3.8) is 0 Å². The lowest BCUT2D eigenvalue weighted by molar-refractivity contribution is 0.242. The summed E-state index contributed by atoms with van der Waals surface area (Å²) in [5, 5.41) is 10.4. The van der Waals surface area contributed by atoms with Crippen LogP contribution in [0.15, 0.2) is 24.3 Å². The van der Waals surface area contributed by atoms with Crippen LogP contribution in [0.2, 0.25) is 5.15 Å². The summed E-state index contributed by atoms with van der Waals surface area (Å²) in [6.07, 6.45) is 0.130. The van der Waals surface area contributed by atoms with Gasteiger partial charge in [0.2, 0.25) is 0 Å². The molecule has 0 radical (unpaired) electrons. The Kier molecular flexibility index (Phi) is 3.50. The van der Waals surface area contributed by atoms with Crippen molar-refractivity contribution >= 4 is 22.5 Å². The highest BCUT2D eigenvalue weighted by Gasteiger charge is 2.05. The van der Waals surface area contributed by atoms with Gasteiger partial charge in [-0.25, -0.2) is 4.98 Å². The van der Waals surface area contributed by atoms with Crippen molar-refractivity contribution in [2.24, 2.45) is 0 Å². The summed E-state index contributed by atoms with van der Waals surface area (Å²) >= 11 is 5.93. The van der Waals surface area contributed by atoms with Gasteiger partial charge in [-0.2, -0.15) is 0 Å². The minimum atomic E-state index is -0.114. The van der Waals surface area contributed by atoms with Gasteiger partial charge in [-0.1, -0.05) is 11.6 Å². The van der Waals surface area contributed by atoms with Crippen molar-refractivity contribution in [2.45, 2.75) is 26.6 Å². The fourth-order valence-electron chi connectivity index (χ4n) is 1.63. The van der Waals surface area contributed by atoms with Crippen molar-refractivity contribution in [3.8, 4) is 5.75 Å². The summed E-state index contributed by atoms with van der Waals surface area (Å²) in [6.45, 7) is 3.84. The molecule has 0 spiro atoms. The lowest BCUT2D eigenvalue weighted by Crippen LogP contribution is -2.05.